The van der Waals surface area contributed by atoms with Crippen LogP contribution in [0.15, 0.2) is 39.1 Å². The summed E-state index contributed by atoms with van der Waals surface area (Å²) in [4.78, 5) is 36.5. The summed E-state index contributed by atoms with van der Waals surface area (Å²) in [6.45, 7) is 15.0. The Balaban J connectivity index is 1.63. The number of methoxy groups -OCH3 is 1. The van der Waals surface area contributed by atoms with Crippen molar-refractivity contribution < 1.29 is 14.3 Å². The molecule has 0 saturated carbocycles. The van der Waals surface area contributed by atoms with Gasteiger partial charge in [0.15, 0.2) is 0 Å². The number of allylic oxidation sites excluding steroid dienone is 4. The quantitative estimate of drug-likeness (QED) is 0.348. The van der Waals surface area contributed by atoms with Crippen LogP contribution in [0.4, 0.5) is 0 Å². The van der Waals surface area contributed by atoms with Gasteiger partial charge in [-0.3, -0.25) is 0 Å². The summed E-state index contributed by atoms with van der Waals surface area (Å²) in [6.07, 6.45) is 10.9. The molecule has 2 aromatic rings. The summed E-state index contributed by atoms with van der Waals surface area (Å²) in [6, 6.07) is 0. The van der Waals surface area contributed by atoms with Gasteiger partial charge in [-0.05, 0) is 0 Å². The molecule has 0 fully saturated rings. The third-order valence-corrected chi connectivity index (χ3v) is 13.6. The van der Waals surface area contributed by atoms with Gasteiger partial charge in [0, 0.05) is 0 Å². The second-order valence-electron chi connectivity index (χ2n) is 11.8. The van der Waals surface area contributed by atoms with Gasteiger partial charge in [0.25, 0.3) is 0 Å². The van der Waals surface area contributed by atoms with Gasteiger partial charge in [-0.1, -0.05) is 0 Å². The van der Waals surface area contributed by atoms with Crippen molar-refractivity contribution in [3.8, 4) is 0 Å². The number of hydrogen-bond acceptors (Lipinski definition) is 5. The topological polar surface area (TPSA) is 77.9 Å². The molecule has 2 aromatic heterocycles. The van der Waals surface area contributed by atoms with Crippen LogP contribution in [0.1, 0.15) is 84.9 Å². The number of Topliss-reactive ketones (excluding diaryl/α,β-unsaturated/α-hetero) is 1. The fraction of sp³-hybridized carbons (Fsp3) is 0.353. The van der Waals surface area contributed by atoms with Gasteiger partial charge < -0.3 is 0 Å². The van der Waals surface area contributed by atoms with Crippen molar-refractivity contribution in [3.05, 3.63) is 73.5 Å². The van der Waals surface area contributed by atoms with E-state index < -0.39 is 21.7 Å². The van der Waals surface area contributed by atoms with E-state index in [0.717, 1.165) is 73.6 Å². The molecule has 0 amide bonds. The van der Waals surface area contributed by atoms with Gasteiger partial charge in [0.1, 0.15) is 0 Å². The van der Waals surface area contributed by atoms with Crippen molar-refractivity contribution >= 4 is 74.7 Å². The predicted molar refractivity (Wildman–Crippen MR) is 169 cm³/mol. The molecular formula is C34H34N4O3Sn. The van der Waals surface area contributed by atoms with Gasteiger partial charge in [-0.15, -0.1) is 0 Å². The molecule has 8 heteroatoms. The van der Waals surface area contributed by atoms with E-state index in [0.29, 0.717) is 19.3 Å². The first-order valence-electron chi connectivity index (χ1n) is 14.7. The Morgan fingerprint density at radius 2 is 1.93 bits per heavy atom. The molecule has 6 bridgehead atoms. The summed E-state index contributed by atoms with van der Waals surface area (Å²) in [7, 11) is 1.43. The van der Waals surface area contributed by atoms with Crippen molar-refractivity contribution in [1.29, 1.82) is 0 Å². The first-order chi connectivity index (χ1) is 20.2. The Morgan fingerprint density at radius 1 is 1.14 bits per heavy atom. The average molecular weight is 665 g/mol. The number of aromatic nitrogens is 2. The van der Waals surface area contributed by atoms with E-state index in [1.165, 1.54) is 23.8 Å². The Labute approximate surface area is 256 Å². The molecule has 4 aliphatic heterocycles. The normalized spacial score (nSPS) is 21.6. The zero-order valence-electron chi connectivity index (χ0n) is 25.0. The van der Waals surface area contributed by atoms with Crippen LogP contribution in [-0.4, -0.2) is 57.6 Å². The van der Waals surface area contributed by atoms with Gasteiger partial charge in [-0.25, -0.2) is 0 Å². The summed E-state index contributed by atoms with van der Waals surface area (Å²) < 4.78 is 10.00. The van der Waals surface area contributed by atoms with E-state index in [4.69, 9.17) is 14.7 Å². The van der Waals surface area contributed by atoms with E-state index in [9.17, 15) is 9.59 Å². The summed E-state index contributed by atoms with van der Waals surface area (Å²) in [5.41, 5.74) is 13.7. The number of aliphatic imine (C=N–C) groups is 2. The number of nitrogens with zero attached hydrogens (tertiary/aromatic N) is 4. The van der Waals surface area contributed by atoms with E-state index in [1.807, 2.05) is 6.08 Å². The molecule has 7 nitrogen and oxygen atoms in total. The first-order valence-corrected chi connectivity index (χ1v) is 17.3. The number of carbonyl (C=O) groups excluding carboxylic acids is 2. The van der Waals surface area contributed by atoms with E-state index >= 15 is 0 Å². The number of esters is 1. The monoisotopic (exact) mass is 666 g/mol. The molecular weight excluding hydrogens is 631 g/mol. The Kier molecular flexibility index (Phi) is 6.38. The van der Waals surface area contributed by atoms with Crippen molar-refractivity contribution in [2.24, 2.45) is 21.8 Å². The molecule has 2 unspecified atom stereocenters. The van der Waals surface area contributed by atoms with Crippen molar-refractivity contribution in [2.45, 2.75) is 60.3 Å². The van der Waals surface area contributed by atoms with E-state index in [1.54, 1.807) is 0 Å². The number of rotatable bonds is 5. The number of hydrogen-bond donors (Lipinski definition) is 0. The number of fused-ring (bicyclic) bond motifs is 2. The Bertz CT molecular complexity index is 1960. The minimum atomic E-state index is -1.61. The zero-order valence-corrected chi connectivity index (χ0v) is 27.9. The molecule has 7 rings (SSSR count). The third kappa shape index (κ3) is 3.71. The van der Waals surface area contributed by atoms with Gasteiger partial charge in [0.05, 0.1) is 0 Å². The Morgan fingerprint density at radius 3 is 2.64 bits per heavy atom. The van der Waals surface area contributed by atoms with Crippen LogP contribution in [0.3, 0.4) is 0 Å². The molecule has 2 radical (unpaired) electrons. The second kappa shape index (κ2) is 9.79. The van der Waals surface area contributed by atoms with Gasteiger partial charge >= 0.3 is 257 Å². The van der Waals surface area contributed by atoms with Gasteiger partial charge in [0.2, 0.25) is 0 Å². The molecule has 2 atom stereocenters. The van der Waals surface area contributed by atoms with Crippen LogP contribution >= 0.6 is 0 Å². The molecule has 0 saturated heterocycles. The van der Waals surface area contributed by atoms with Crippen LogP contribution in [0.2, 0.25) is 0 Å². The summed E-state index contributed by atoms with van der Waals surface area (Å²) in [5, 5.41) is 2.29. The van der Waals surface area contributed by atoms with E-state index in [2.05, 4.69) is 65.0 Å². The number of carbonyl (C=O) groups is 2. The summed E-state index contributed by atoms with van der Waals surface area (Å²) >= 11 is -1.61. The standard InChI is InChI=1S/C34H35N4O3.Sn/c1-8-20-16(3)24-13-26-18(5)22(10-11-31(40)41-7)33(37-26)23-12-30(39)32-19(6)27(38-34(23)32)15-29-21(9-2)17(4)25(36-29)14-28(20)35-24;/h8,13-15,18,22H,1,9-12H2,2-7H3,(H-,35,36,37,38,39);/q-1;+2/p-1. The molecule has 0 N–H and O–H groups in total. The number of ether oxygens (including phenoxy) is 1. The molecule has 0 aromatic carbocycles. The minimum absolute atomic E-state index is 0.0289. The van der Waals surface area contributed by atoms with Crippen LogP contribution in [0.25, 0.3) is 29.9 Å². The van der Waals surface area contributed by atoms with Crippen molar-refractivity contribution in [1.82, 2.24) is 5.58 Å². The third-order valence-electron chi connectivity index (χ3n) is 9.75. The fourth-order valence-corrected chi connectivity index (χ4v) is 11.7. The average Bonchev–Trinajstić information content (AvgIpc) is 3.70. The maximum atomic E-state index is 13.8. The van der Waals surface area contributed by atoms with Crippen LogP contribution in [0, 0.1) is 25.7 Å². The molecule has 42 heavy (non-hydrogen) atoms. The van der Waals surface area contributed by atoms with Crippen LogP contribution in [0.5, 0.6) is 0 Å². The molecule has 5 aliphatic rings. The molecule has 0 spiro atoms. The molecule has 6 heterocycles. The van der Waals surface area contributed by atoms with Crippen molar-refractivity contribution in [3.63, 3.8) is 0 Å². The Hall–Kier alpha value is -3.46. The zero-order chi connectivity index (χ0) is 29.6. The van der Waals surface area contributed by atoms with Gasteiger partial charge in [-0.2, -0.15) is 0 Å². The van der Waals surface area contributed by atoms with Crippen LogP contribution < -0.4 is 10.7 Å². The SMILES string of the molecule is C=Cc1c(C)c2[n]3c1=CC1=NC(=Cc4c(C)c5c([n]4[Sn]3)C(=C3N=C(C=2)C(C)C3CCC(=O)OC)CC5=O)C(CC)=C1C. The van der Waals surface area contributed by atoms with E-state index in [-0.39, 0.29) is 23.6 Å². The van der Waals surface area contributed by atoms with Crippen LogP contribution in [-0.2, 0) is 9.53 Å². The second-order valence-corrected chi connectivity index (χ2v) is 14.9. The first kappa shape index (κ1) is 27.4. The maximum absolute atomic E-state index is 13.8. The summed E-state index contributed by atoms with van der Waals surface area (Å²) in [5.74, 6) is 0.0660. The van der Waals surface area contributed by atoms with Crippen molar-refractivity contribution in [2.75, 3.05) is 7.11 Å². The number of ketones is 1. The molecule has 1 aliphatic carbocycles. The predicted octanol–water partition coefficient (Wildman–Crippen LogP) is 4.55. The fourth-order valence-electron chi connectivity index (χ4n) is 7.40. The molecule has 212 valence electrons.